The van der Waals surface area contributed by atoms with E-state index < -0.39 is 24.0 Å². The van der Waals surface area contributed by atoms with Gasteiger partial charge in [0.1, 0.15) is 0 Å². The van der Waals surface area contributed by atoms with E-state index in [0.717, 1.165) is 25.7 Å². The van der Waals surface area contributed by atoms with Gasteiger partial charge >= 0.3 is 0 Å². The number of nitrogens with zero attached hydrogens (tertiary/aromatic N) is 1. The van der Waals surface area contributed by atoms with Crippen molar-refractivity contribution in [1.29, 1.82) is 0 Å². The molecule has 8 atom stereocenters. The Hall–Kier alpha value is -1.55. The Kier molecular flexibility index (Phi) is 5.37. The Morgan fingerprint density at radius 2 is 1.88 bits per heavy atom. The molecular weight excluding hydrogens is 462 g/mol. The molecule has 0 N–H and O–H groups in total. The minimum Gasteiger partial charge on any atom is -0.350 e. The van der Waals surface area contributed by atoms with Crippen LogP contribution in [-0.2, 0) is 24.0 Å². The van der Waals surface area contributed by atoms with Crippen LogP contribution in [0, 0.1) is 23.7 Å². The molecule has 5 heterocycles. The molecule has 184 valence electrons. The van der Waals surface area contributed by atoms with Gasteiger partial charge in [-0.25, -0.2) is 9.78 Å². The molecule has 7 rings (SSSR count). The Balaban J connectivity index is 1.17. The molecule has 1 aromatic carbocycles. The quantitative estimate of drug-likeness (QED) is 0.462. The first-order valence-electron chi connectivity index (χ1n) is 12.2. The summed E-state index contributed by atoms with van der Waals surface area (Å²) < 4.78 is 18.9. The summed E-state index contributed by atoms with van der Waals surface area (Å²) in [4.78, 5) is 38.6. The first-order chi connectivity index (χ1) is 16.2. The van der Waals surface area contributed by atoms with Crippen LogP contribution in [0.4, 0.5) is 0 Å². The van der Waals surface area contributed by atoms with Crippen LogP contribution in [0.2, 0.25) is 5.02 Å². The predicted octanol–water partition coefficient (Wildman–Crippen LogP) is 4.16. The van der Waals surface area contributed by atoms with E-state index in [-0.39, 0.29) is 42.7 Å². The van der Waals surface area contributed by atoms with Crippen molar-refractivity contribution in [1.82, 2.24) is 4.90 Å². The Morgan fingerprint density at radius 3 is 2.71 bits per heavy atom. The average Bonchev–Trinajstić information content (AvgIpc) is 2.93. The molecule has 1 aliphatic carbocycles. The van der Waals surface area contributed by atoms with Gasteiger partial charge in [-0.3, -0.25) is 14.5 Å². The summed E-state index contributed by atoms with van der Waals surface area (Å²) in [6.07, 6.45) is 2.68. The number of halogens is 1. The molecule has 34 heavy (non-hydrogen) atoms. The van der Waals surface area contributed by atoms with E-state index in [2.05, 4.69) is 13.8 Å². The zero-order valence-corrected chi connectivity index (χ0v) is 20.4. The smallest absolute Gasteiger partial charge is 0.261 e. The summed E-state index contributed by atoms with van der Waals surface area (Å²) >= 11 is 6.01. The molecule has 8 nitrogen and oxygen atoms in total. The highest BCUT2D eigenvalue weighted by Crippen LogP contribution is 2.60. The van der Waals surface area contributed by atoms with E-state index in [0.29, 0.717) is 22.1 Å². The number of hydrogen-bond acceptors (Lipinski definition) is 7. The number of fused-ring (bicyclic) bond motifs is 3. The molecule has 0 radical (unpaired) electrons. The molecule has 1 saturated carbocycles. The van der Waals surface area contributed by atoms with E-state index in [1.54, 1.807) is 12.1 Å². The Morgan fingerprint density at radius 1 is 1.09 bits per heavy atom. The number of rotatable bonds is 4. The first-order valence-corrected chi connectivity index (χ1v) is 12.6. The van der Waals surface area contributed by atoms with E-state index >= 15 is 0 Å². The second-order valence-corrected chi connectivity index (χ2v) is 11.0. The van der Waals surface area contributed by atoms with Crippen LogP contribution in [-0.4, -0.2) is 53.8 Å². The van der Waals surface area contributed by atoms with Crippen molar-refractivity contribution in [3.05, 3.63) is 34.3 Å². The number of amides is 2. The zero-order chi connectivity index (χ0) is 23.8. The number of carbonyl (C=O) groups is 2. The van der Waals surface area contributed by atoms with Crippen LogP contribution in [0.25, 0.3) is 0 Å². The van der Waals surface area contributed by atoms with Crippen molar-refractivity contribution in [2.24, 2.45) is 23.7 Å². The van der Waals surface area contributed by atoms with Crippen LogP contribution in [0.15, 0.2) is 18.2 Å². The maximum Gasteiger partial charge on any atom is 0.261 e. The third-order valence-electron chi connectivity index (χ3n) is 8.63. The lowest BCUT2D eigenvalue weighted by Crippen LogP contribution is -2.70. The summed E-state index contributed by atoms with van der Waals surface area (Å²) in [5.74, 6) is -0.567. The van der Waals surface area contributed by atoms with E-state index in [1.807, 2.05) is 6.92 Å². The van der Waals surface area contributed by atoms with Gasteiger partial charge < -0.3 is 14.2 Å². The minimum absolute atomic E-state index is 0.0295. The normalized spacial score (nSPS) is 43.0. The topological polar surface area (TPSA) is 83.5 Å². The van der Waals surface area contributed by atoms with Crippen LogP contribution < -0.4 is 0 Å². The molecule has 4 saturated heterocycles. The Labute approximate surface area is 203 Å². The van der Waals surface area contributed by atoms with Gasteiger partial charge in [0, 0.05) is 23.3 Å². The fraction of sp³-hybridized carbons (Fsp3) is 0.680. The van der Waals surface area contributed by atoms with E-state index in [4.69, 9.17) is 35.6 Å². The predicted molar refractivity (Wildman–Crippen MR) is 120 cm³/mol. The SMILES string of the molecule is C[C@H]1[C@@H](OCCN2C(=O)c3ccc(Cl)cc3C2=O)O[C@@H]2O[C@@]3(C)CC[C@H]4[C@H](C)CC[C@@H]1[C@@]24OO3. The highest BCUT2D eigenvalue weighted by atomic mass is 35.5. The van der Waals surface area contributed by atoms with Gasteiger partial charge in [0.15, 0.2) is 18.2 Å². The number of benzene rings is 1. The average molecular weight is 492 g/mol. The fourth-order valence-electron chi connectivity index (χ4n) is 6.79. The van der Waals surface area contributed by atoms with Crippen LogP contribution in [0.1, 0.15) is 67.2 Å². The van der Waals surface area contributed by atoms with E-state index in [1.165, 1.54) is 11.0 Å². The summed E-state index contributed by atoms with van der Waals surface area (Å²) in [5, 5.41) is 0.425. The van der Waals surface area contributed by atoms with Gasteiger partial charge in [0.05, 0.1) is 24.3 Å². The lowest BCUT2D eigenvalue weighted by molar-refractivity contribution is -0.577. The molecule has 1 aromatic rings. The third-order valence-corrected chi connectivity index (χ3v) is 8.86. The van der Waals surface area contributed by atoms with Crippen LogP contribution in [0.3, 0.4) is 0 Å². The van der Waals surface area contributed by atoms with E-state index in [9.17, 15) is 9.59 Å². The van der Waals surface area contributed by atoms with Gasteiger partial charge in [0.2, 0.25) is 5.79 Å². The summed E-state index contributed by atoms with van der Waals surface area (Å²) in [7, 11) is 0. The molecule has 5 fully saturated rings. The second kappa shape index (κ2) is 7.98. The molecular formula is C25H30ClNO7. The lowest BCUT2D eigenvalue weighted by Gasteiger charge is -2.60. The van der Waals surface area contributed by atoms with Crippen molar-refractivity contribution in [3.8, 4) is 0 Å². The van der Waals surface area contributed by atoms with Crippen LogP contribution in [0.5, 0.6) is 0 Å². The molecule has 0 aromatic heterocycles. The summed E-state index contributed by atoms with van der Waals surface area (Å²) in [5.41, 5.74) is 0.0565. The highest BCUT2D eigenvalue weighted by molar-refractivity contribution is 6.32. The fourth-order valence-corrected chi connectivity index (χ4v) is 6.96. The van der Waals surface area contributed by atoms with Gasteiger partial charge in [-0.05, 0) is 56.2 Å². The maximum absolute atomic E-state index is 12.7. The molecule has 6 aliphatic rings. The monoisotopic (exact) mass is 491 g/mol. The minimum atomic E-state index is -0.843. The van der Waals surface area contributed by atoms with Crippen molar-refractivity contribution < 1.29 is 33.6 Å². The Bertz CT molecular complexity index is 1030. The molecule has 9 heteroatoms. The summed E-state index contributed by atoms with van der Waals surface area (Å²) in [6.45, 7) is 6.57. The lowest BCUT2D eigenvalue weighted by atomic mass is 9.58. The molecule has 0 unspecified atom stereocenters. The number of hydrogen-bond donors (Lipinski definition) is 0. The zero-order valence-electron chi connectivity index (χ0n) is 19.6. The second-order valence-electron chi connectivity index (χ2n) is 10.6. The van der Waals surface area contributed by atoms with Gasteiger partial charge in [-0.15, -0.1) is 0 Å². The highest BCUT2D eigenvalue weighted by Gasteiger charge is 2.69. The molecule has 1 spiro atoms. The van der Waals surface area contributed by atoms with Crippen molar-refractivity contribution in [2.45, 2.75) is 70.4 Å². The van der Waals surface area contributed by atoms with Crippen molar-refractivity contribution >= 4 is 23.4 Å². The molecule has 2 amide bonds. The molecule has 5 aliphatic heterocycles. The molecule has 2 bridgehead atoms. The maximum atomic E-state index is 12.7. The first kappa shape index (κ1) is 22.9. The third kappa shape index (κ3) is 3.23. The number of ether oxygens (including phenoxy) is 3. The standard InChI is InChI=1S/C25H30ClNO7/c1-13-4-7-19-14(2)22(31-23-25(19)18(13)8-9-24(3,32-23)33-34-25)30-11-10-27-20(28)16-6-5-15(26)12-17(16)21(27)29/h5-6,12-14,18-19,22-23H,4,7-11H2,1-3H3/t13-,14-,18+,19+,22+,23-,24-,25-/m1/s1. The van der Waals surface area contributed by atoms with Crippen molar-refractivity contribution in [3.63, 3.8) is 0 Å². The largest absolute Gasteiger partial charge is 0.350 e. The number of carbonyl (C=O) groups excluding carboxylic acids is 2. The number of imide groups is 1. The van der Waals surface area contributed by atoms with Crippen LogP contribution >= 0.6 is 11.6 Å². The van der Waals surface area contributed by atoms with Gasteiger partial charge in [-0.2, -0.15) is 0 Å². The summed E-state index contributed by atoms with van der Waals surface area (Å²) in [6, 6.07) is 4.74. The van der Waals surface area contributed by atoms with Gasteiger partial charge in [-0.1, -0.05) is 25.4 Å². The van der Waals surface area contributed by atoms with Crippen molar-refractivity contribution in [2.75, 3.05) is 13.2 Å². The van der Waals surface area contributed by atoms with Gasteiger partial charge in [0.25, 0.3) is 11.8 Å².